The zero-order chi connectivity index (χ0) is 10.1. The van der Waals surface area contributed by atoms with E-state index in [9.17, 15) is 4.79 Å². The number of hydrogen-bond acceptors (Lipinski definition) is 2. The Morgan fingerprint density at radius 3 is 3.07 bits per heavy atom. The minimum absolute atomic E-state index is 0.540. The molecule has 1 aromatic carbocycles. The number of halogens is 1. The Morgan fingerprint density at radius 2 is 2.36 bits per heavy atom. The van der Waals surface area contributed by atoms with Crippen LogP contribution in [-0.4, -0.2) is 17.2 Å². The molecule has 0 bridgehead atoms. The lowest BCUT2D eigenvalue weighted by molar-refractivity contribution is -0.145. The van der Waals surface area contributed by atoms with Gasteiger partial charge in [0.25, 0.3) is 0 Å². The number of ether oxygens (including phenoxy) is 1. The van der Waals surface area contributed by atoms with Crippen LogP contribution in [0.5, 0.6) is 5.75 Å². The molecule has 1 heterocycles. The first-order chi connectivity index (χ1) is 6.66. The molecule has 1 N–H and O–H groups in total. The molecule has 0 aliphatic carbocycles. The van der Waals surface area contributed by atoms with Crippen molar-refractivity contribution in [3.63, 3.8) is 0 Å². The fourth-order valence-electron chi connectivity index (χ4n) is 1.53. The first kappa shape index (κ1) is 9.52. The largest absolute Gasteiger partial charge is 0.479 e. The van der Waals surface area contributed by atoms with Crippen LogP contribution in [0.1, 0.15) is 12.0 Å². The van der Waals surface area contributed by atoms with Gasteiger partial charge in [0, 0.05) is 4.47 Å². The van der Waals surface area contributed by atoms with E-state index >= 15 is 0 Å². The van der Waals surface area contributed by atoms with Crippen molar-refractivity contribution in [2.45, 2.75) is 18.9 Å². The Balaban J connectivity index is 2.27. The lowest BCUT2D eigenvalue weighted by Crippen LogP contribution is -2.30. The van der Waals surface area contributed by atoms with E-state index in [1.165, 1.54) is 0 Å². The molecule has 0 fully saturated rings. The summed E-state index contributed by atoms with van der Waals surface area (Å²) in [5, 5.41) is 8.78. The Bertz CT molecular complexity index is 376. The van der Waals surface area contributed by atoms with Crippen molar-refractivity contribution >= 4 is 21.9 Å². The van der Waals surface area contributed by atoms with E-state index in [-0.39, 0.29) is 0 Å². The normalized spacial score (nSPS) is 19.6. The summed E-state index contributed by atoms with van der Waals surface area (Å²) in [7, 11) is 0. The van der Waals surface area contributed by atoms with Gasteiger partial charge in [0.1, 0.15) is 5.75 Å². The number of carboxylic acids is 1. The van der Waals surface area contributed by atoms with Crippen molar-refractivity contribution in [2.75, 3.05) is 0 Å². The molecular formula is C10H9BrO3. The number of carboxylic acid groups (broad SMARTS) is 1. The van der Waals surface area contributed by atoms with Crippen molar-refractivity contribution < 1.29 is 14.6 Å². The van der Waals surface area contributed by atoms with Crippen molar-refractivity contribution in [2.24, 2.45) is 0 Å². The Labute approximate surface area is 89.8 Å². The number of fused-ring (bicyclic) bond motifs is 1. The predicted octanol–water partition coefficient (Wildman–Crippen LogP) is 2.23. The van der Waals surface area contributed by atoms with Crippen LogP contribution >= 0.6 is 15.9 Å². The van der Waals surface area contributed by atoms with Gasteiger partial charge in [-0.05, 0) is 36.6 Å². The van der Waals surface area contributed by atoms with Crippen molar-refractivity contribution in [3.8, 4) is 5.75 Å². The average Bonchev–Trinajstić information content (AvgIpc) is 2.16. The summed E-state index contributed by atoms with van der Waals surface area (Å²) in [4.78, 5) is 10.7. The average molecular weight is 257 g/mol. The molecule has 0 saturated carbocycles. The summed E-state index contributed by atoms with van der Waals surface area (Å²) in [6, 6.07) is 5.62. The van der Waals surface area contributed by atoms with Crippen LogP contribution < -0.4 is 4.74 Å². The molecule has 1 atom stereocenters. The number of hydrogen-bond donors (Lipinski definition) is 1. The van der Waals surface area contributed by atoms with Crippen LogP contribution in [-0.2, 0) is 11.2 Å². The Hall–Kier alpha value is -1.03. The van der Waals surface area contributed by atoms with Crippen LogP contribution in [0, 0.1) is 0 Å². The highest BCUT2D eigenvalue weighted by Crippen LogP contribution is 2.29. The highest BCUT2D eigenvalue weighted by atomic mass is 79.9. The van der Waals surface area contributed by atoms with Crippen molar-refractivity contribution in [1.29, 1.82) is 0 Å². The summed E-state index contributed by atoms with van der Waals surface area (Å²) in [6.07, 6.45) is 0.605. The maximum absolute atomic E-state index is 10.7. The molecule has 3 nitrogen and oxygen atoms in total. The molecule has 1 aliphatic heterocycles. The van der Waals surface area contributed by atoms with Crippen LogP contribution in [0.4, 0.5) is 0 Å². The molecule has 14 heavy (non-hydrogen) atoms. The number of aliphatic carboxylic acids is 1. The number of benzene rings is 1. The van der Waals surface area contributed by atoms with Crippen LogP contribution in [0.15, 0.2) is 22.7 Å². The minimum atomic E-state index is -0.890. The quantitative estimate of drug-likeness (QED) is 0.839. The summed E-state index contributed by atoms with van der Waals surface area (Å²) in [6.45, 7) is 0. The lowest BCUT2D eigenvalue weighted by Gasteiger charge is -2.23. The number of aryl methyl sites for hydroxylation is 1. The lowest BCUT2D eigenvalue weighted by atomic mass is 10.0. The van der Waals surface area contributed by atoms with Crippen LogP contribution in [0.25, 0.3) is 0 Å². The standard InChI is InChI=1S/C10H9BrO3/c11-7-2-4-8-6(5-7)1-3-9(14-8)10(12)13/h2,4-5,9H,1,3H2,(H,12,13)/t9-/m0/s1. The third-order valence-corrected chi connectivity index (χ3v) is 2.74. The van der Waals surface area contributed by atoms with Gasteiger partial charge in [0.15, 0.2) is 6.10 Å². The molecular weight excluding hydrogens is 248 g/mol. The van der Waals surface area contributed by atoms with Gasteiger partial charge < -0.3 is 9.84 Å². The van der Waals surface area contributed by atoms with E-state index in [0.29, 0.717) is 12.2 Å². The van der Waals surface area contributed by atoms with Gasteiger partial charge in [-0.25, -0.2) is 4.79 Å². The second-order valence-corrected chi connectivity index (χ2v) is 4.15. The summed E-state index contributed by atoms with van der Waals surface area (Å²) in [5.41, 5.74) is 1.07. The van der Waals surface area contributed by atoms with E-state index in [1.54, 1.807) is 6.07 Å². The number of carbonyl (C=O) groups is 1. The van der Waals surface area contributed by atoms with E-state index in [4.69, 9.17) is 9.84 Å². The SMILES string of the molecule is O=C(O)[C@@H]1CCc2cc(Br)ccc2O1. The van der Waals surface area contributed by atoms with E-state index in [1.807, 2.05) is 12.1 Å². The second kappa shape index (κ2) is 3.61. The van der Waals surface area contributed by atoms with Gasteiger partial charge in [-0.1, -0.05) is 15.9 Å². The maximum Gasteiger partial charge on any atom is 0.344 e. The molecule has 74 valence electrons. The zero-order valence-electron chi connectivity index (χ0n) is 7.37. The van der Waals surface area contributed by atoms with Crippen LogP contribution in [0.2, 0.25) is 0 Å². The highest BCUT2D eigenvalue weighted by Gasteiger charge is 2.25. The molecule has 1 aromatic rings. The smallest absolute Gasteiger partial charge is 0.344 e. The van der Waals surface area contributed by atoms with Gasteiger partial charge >= 0.3 is 5.97 Å². The van der Waals surface area contributed by atoms with Gasteiger partial charge in [-0.2, -0.15) is 0 Å². The minimum Gasteiger partial charge on any atom is -0.479 e. The molecule has 0 aromatic heterocycles. The fraction of sp³-hybridized carbons (Fsp3) is 0.300. The first-order valence-corrected chi connectivity index (χ1v) is 5.14. The predicted molar refractivity (Wildman–Crippen MR) is 54.5 cm³/mol. The van der Waals surface area contributed by atoms with Crippen molar-refractivity contribution in [3.05, 3.63) is 28.2 Å². The zero-order valence-corrected chi connectivity index (χ0v) is 8.95. The summed E-state index contributed by atoms with van der Waals surface area (Å²) in [5.74, 6) is -0.203. The second-order valence-electron chi connectivity index (χ2n) is 3.24. The van der Waals surface area contributed by atoms with Crippen molar-refractivity contribution in [1.82, 2.24) is 0 Å². The molecule has 0 saturated heterocycles. The summed E-state index contributed by atoms with van der Waals surface area (Å²) >= 11 is 3.36. The molecule has 0 spiro atoms. The Kier molecular flexibility index (Phi) is 2.46. The molecule has 1 aliphatic rings. The topological polar surface area (TPSA) is 46.5 Å². The highest BCUT2D eigenvalue weighted by molar-refractivity contribution is 9.10. The third-order valence-electron chi connectivity index (χ3n) is 2.24. The Morgan fingerprint density at radius 1 is 1.57 bits per heavy atom. The molecule has 0 radical (unpaired) electrons. The fourth-order valence-corrected chi connectivity index (χ4v) is 1.94. The number of rotatable bonds is 1. The maximum atomic E-state index is 10.7. The van der Waals surface area contributed by atoms with E-state index in [0.717, 1.165) is 16.5 Å². The van der Waals surface area contributed by atoms with Gasteiger partial charge in [-0.3, -0.25) is 0 Å². The summed E-state index contributed by atoms with van der Waals surface area (Å²) < 4.78 is 6.32. The van der Waals surface area contributed by atoms with E-state index < -0.39 is 12.1 Å². The van der Waals surface area contributed by atoms with Gasteiger partial charge in [0.2, 0.25) is 0 Å². The molecule has 2 rings (SSSR count). The van der Waals surface area contributed by atoms with Crippen LogP contribution in [0.3, 0.4) is 0 Å². The molecule has 0 unspecified atom stereocenters. The first-order valence-electron chi connectivity index (χ1n) is 4.35. The third kappa shape index (κ3) is 1.75. The molecule has 4 heteroatoms. The monoisotopic (exact) mass is 256 g/mol. The molecule has 0 amide bonds. The van der Waals surface area contributed by atoms with Gasteiger partial charge in [-0.15, -0.1) is 0 Å². The van der Waals surface area contributed by atoms with Gasteiger partial charge in [0.05, 0.1) is 0 Å². The van der Waals surface area contributed by atoms with E-state index in [2.05, 4.69) is 15.9 Å².